The molecule has 0 aliphatic carbocycles. The number of anilines is 1. The number of carbonyl (C=O) groups is 1. The second-order valence-corrected chi connectivity index (χ2v) is 8.67. The third kappa shape index (κ3) is 5.69. The fourth-order valence-electron chi connectivity index (χ4n) is 3.74. The average molecular weight is 485 g/mol. The molecule has 4 rings (SSSR count). The number of amides is 1. The molecule has 0 bridgehead atoms. The molecular formula is C24H28N4O5S. The summed E-state index contributed by atoms with van der Waals surface area (Å²) in [6.45, 7) is 4.27. The van der Waals surface area contributed by atoms with Crippen LogP contribution in [0.25, 0.3) is 10.9 Å². The quantitative estimate of drug-likeness (QED) is 0.366. The Morgan fingerprint density at radius 3 is 2.68 bits per heavy atom. The second-order valence-electron chi connectivity index (χ2n) is 7.73. The van der Waals surface area contributed by atoms with E-state index >= 15 is 0 Å². The number of morpholine rings is 1. The number of hydrogen-bond donors (Lipinski definition) is 1. The van der Waals surface area contributed by atoms with Crippen LogP contribution in [0.2, 0.25) is 0 Å². The zero-order valence-electron chi connectivity index (χ0n) is 19.3. The zero-order chi connectivity index (χ0) is 23.9. The SMILES string of the molecule is COc1ccc(NC(=O)CSc2nc3ccccc3c(=O)n2CCN2CCOCC2)c(OC)c1. The molecule has 0 unspecified atom stereocenters. The molecule has 9 nitrogen and oxygen atoms in total. The van der Waals surface area contributed by atoms with E-state index in [4.69, 9.17) is 19.2 Å². The first-order chi connectivity index (χ1) is 16.6. The second kappa shape index (κ2) is 11.4. The third-order valence-electron chi connectivity index (χ3n) is 5.59. The molecule has 0 radical (unpaired) electrons. The van der Waals surface area contributed by atoms with Crippen LogP contribution in [-0.4, -0.2) is 73.2 Å². The van der Waals surface area contributed by atoms with E-state index in [1.165, 1.54) is 18.9 Å². The van der Waals surface area contributed by atoms with Gasteiger partial charge in [0.1, 0.15) is 11.5 Å². The highest BCUT2D eigenvalue weighted by atomic mass is 32.2. The zero-order valence-corrected chi connectivity index (χ0v) is 20.1. The molecule has 1 aromatic heterocycles. The number of methoxy groups -OCH3 is 2. The van der Waals surface area contributed by atoms with E-state index < -0.39 is 0 Å². The van der Waals surface area contributed by atoms with Gasteiger partial charge in [-0.2, -0.15) is 0 Å². The maximum absolute atomic E-state index is 13.2. The number of rotatable bonds is 9. The van der Waals surface area contributed by atoms with Crippen LogP contribution in [-0.2, 0) is 16.1 Å². The van der Waals surface area contributed by atoms with Gasteiger partial charge in [0.2, 0.25) is 5.91 Å². The molecule has 0 spiro atoms. The number of carbonyl (C=O) groups excluding carboxylic acids is 1. The molecule has 2 aromatic carbocycles. The summed E-state index contributed by atoms with van der Waals surface area (Å²) < 4.78 is 17.6. The minimum absolute atomic E-state index is 0.0948. The van der Waals surface area contributed by atoms with Crippen LogP contribution >= 0.6 is 11.8 Å². The minimum Gasteiger partial charge on any atom is -0.497 e. The number of nitrogens with zero attached hydrogens (tertiary/aromatic N) is 3. The van der Waals surface area contributed by atoms with Crippen molar-refractivity contribution in [3.05, 3.63) is 52.8 Å². The molecule has 1 aliphatic rings. The number of fused-ring (bicyclic) bond motifs is 1. The fourth-order valence-corrected chi connectivity index (χ4v) is 4.56. The van der Waals surface area contributed by atoms with E-state index in [0.29, 0.717) is 59.5 Å². The van der Waals surface area contributed by atoms with Crippen molar-refractivity contribution < 1.29 is 19.0 Å². The van der Waals surface area contributed by atoms with Gasteiger partial charge in [-0.1, -0.05) is 23.9 Å². The fraction of sp³-hybridized carbons (Fsp3) is 0.375. The number of aromatic nitrogens is 2. The predicted octanol–water partition coefficient (Wildman–Crippen LogP) is 2.48. The molecule has 0 saturated carbocycles. The van der Waals surface area contributed by atoms with E-state index in [-0.39, 0.29) is 17.2 Å². The van der Waals surface area contributed by atoms with E-state index in [1.54, 1.807) is 35.9 Å². The molecule has 2 heterocycles. The average Bonchev–Trinajstić information content (AvgIpc) is 2.88. The maximum Gasteiger partial charge on any atom is 0.262 e. The first-order valence-electron chi connectivity index (χ1n) is 11.0. The van der Waals surface area contributed by atoms with Gasteiger partial charge in [-0.25, -0.2) is 4.98 Å². The summed E-state index contributed by atoms with van der Waals surface area (Å²) in [5.74, 6) is 1.01. The van der Waals surface area contributed by atoms with Crippen LogP contribution in [0.3, 0.4) is 0 Å². The molecule has 180 valence electrons. The standard InChI is InChI=1S/C24H28N4O5S/c1-31-17-7-8-20(21(15-17)32-2)25-22(29)16-34-24-26-19-6-4-3-5-18(19)23(30)28(24)10-9-27-11-13-33-14-12-27/h3-8,15H,9-14,16H2,1-2H3,(H,25,29). The molecule has 1 fully saturated rings. The molecule has 1 amide bonds. The van der Waals surface area contributed by atoms with Crippen molar-refractivity contribution in [3.63, 3.8) is 0 Å². The van der Waals surface area contributed by atoms with Crippen molar-refractivity contribution in [1.82, 2.24) is 14.5 Å². The highest BCUT2D eigenvalue weighted by Crippen LogP contribution is 2.29. The van der Waals surface area contributed by atoms with Gasteiger partial charge in [0.15, 0.2) is 5.16 Å². The summed E-state index contributed by atoms with van der Waals surface area (Å²) in [6.07, 6.45) is 0. The highest BCUT2D eigenvalue weighted by Gasteiger charge is 2.16. The smallest absolute Gasteiger partial charge is 0.262 e. The summed E-state index contributed by atoms with van der Waals surface area (Å²) in [4.78, 5) is 32.9. The van der Waals surface area contributed by atoms with Gasteiger partial charge in [0, 0.05) is 32.2 Å². The van der Waals surface area contributed by atoms with Crippen molar-refractivity contribution in [1.29, 1.82) is 0 Å². The Morgan fingerprint density at radius 2 is 1.91 bits per heavy atom. The Hall–Kier alpha value is -3.08. The Balaban J connectivity index is 1.51. The van der Waals surface area contributed by atoms with Crippen LogP contribution in [0.15, 0.2) is 52.4 Å². The van der Waals surface area contributed by atoms with Crippen LogP contribution in [0.4, 0.5) is 5.69 Å². The third-order valence-corrected chi connectivity index (χ3v) is 6.56. The molecule has 10 heteroatoms. The van der Waals surface area contributed by atoms with Crippen LogP contribution in [0.5, 0.6) is 11.5 Å². The van der Waals surface area contributed by atoms with Gasteiger partial charge in [0.25, 0.3) is 5.56 Å². The van der Waals surface area contributed by atoms with Gasteiger partial charge >= 0.3 is 0 Å². The summed E-state index contributed by atoms with van der Waals surface area (Å²) in [5.41, 5.74) is 1.07. The summed E-state index contributed by atoms with van der Waals surface area (Å²) >= 11 is 1.24. The van der Waals surface area contributed by atoms with Crippen LogP contribution < -0.4 is 20.3 Å². The lowest BCUT2D eigenvalue weighted by atomic mass is 10.2. The van der Waals surface area contributed by atoms with Crippen molar-refractivity contribution in [2.45, 2.75) is 11.7 Å². The summed E-state index contributed by atoms with van der Waals surface area (Å²) in [5, 5.41) is 3.95. The Labute approximate surface area is 202 Å². The molecule has 1 saturated heterocycles. The monoisotopic (exact) mass is 484 g/mol. The van der Waals surface area contributed by atoms with Gasteiger partial charge in [-0.15, -0.1) is 0 Å². The van der Waals surface area contributed by atoms with E-state index in [0.717, 1.165) is 13.1 Å². The number of ether oxygens (including phenoxy) is 3. The number of nitrogens with one attached hydrogen (secondary N) is 1. The molecule has 1 aliphatic heterocycles. The Kier molecular flexibility index (Phi) is 8.04. The number of para-hydroxylation sites is 1. The summed E-state index contributed by atoms with van der Waals surface area (Å²) in [6, 6.07) is 12.5. The molecule has 1 N–H and O–H groups in total. The van der Waals surface area contributed by atoms with Gasteiger partial charge < -0.3 is 19.5 Å². The number of benzene rings is 2. The molecular weight excluding hydrogens is 456 g/mol. The van der Waals surface area contributed by atoms with Gasteiger partial charge in [-0.05, 0) is 24.3 Å². The maximum atomic E-state index is 13.2. The van der Waals surface area contributed by atoms with E-state index in [1.807, 2.05) is 18.2 Å². The topological polar surface area (TPSA) is 94.9 Å². The molecule has 34 heavy (non-hydrogen) atoms. The van der Waals surface area contributed by atoms with Gasteiger partial charge in [-0.3, -0.25) is 19.1 Å². The van der Waals surface area contributed by atoms with Gasteiger partial charge in [0.05, 0.1) is 49.8 Å². The predicted molar refractivity (Wildman–Crippen MR) is 132 cm³/mol. The molecule has 0 atom stereocenters. The summed E-state index contributed by atoms with van der Waals surface area (Å²) in [7, 11) is 3.10. The van der Waals surface area contributed by atoms with Crippen LogP contribution in [0.1, 0.15) is 0 Å². The largest absolute Gasteiger partial charge is 0.497 e. The number of thioether (sulfide) groups is 1. The Bertz CT molecular complexity index is 1210. The van der Waals surface area contributed by atoms with Crippen LogP contribution in [0, 0.1) is 0 Å². The van der Waals surface area contributed by atoms with Crippen molar-refractivity contribution in [3.8, 4) is 11.5 Å². The lowest BCUT2D eigenvalue weighted by Gasteiger charge is -2.27. The highest BCUT2D eigenvalue weighted by molar-refractivity contribution is 7.99. The van der Waals surface area contributed by atoms with Crippen molar-refractivity contribution in [2.75, 3.05) is 58.1 Å². The first-order valence-corrected chi connectivity index (χ1v) is 12.0. The molecule has 3 aromatic rings. The minimum atomic E-state index is -0.226. The van der Waals surface area contributed by atoms with E-state index in [9.17, 15) is 9.59 Å². The lowest BCUT2D eigenvalue weighted by Crippen LogP contribution is -2.39. The normalized spacial score (nSPS) is 14.2. The Morgan fingerprint density at radius 1 is 1.12 bits per heavy atom. The van der Waals surface area contributed by atoms with Crippen molar-refractivity contribution in [2.24, 2.45) is 0 Å². The lowest BCUT2D eigenvalue weighted by molar-refractivity contribution is -0.113. The first kappa shape index (κ1) is 24.1. The van der Waals surface area contributed by atoms with E-state index in [2.05, 4.69) is 10.2 Å². The van der Waals surface area contributed by atoms with Crippen molar-refractivity contribution >= 4 is 34.3 Å². The number of hydrogen-bond acceptors (Lipinski definition) is 8.